The predicted octanol–water partition coefficient (Wildman–Crippen LogP) is 2.85. The zero-order chi connectivity index (χ0) is 8.27. The second kappa shape index (κ2) is 5.55. The molecule has 0 amide bonds. The Morgan fingerprint density at radius 2 is 2.42 bits per heavy atom. The van der Waals surface area contributed by atoms with Gasteiger partial charge in [-0.1, -0.05) is 0 Å². The first kappa shape index (κ1) is 11.9. The highest BCUT2D eigenvalue weighted by molar-refractivity contribution is 9.10. The van der Waals surface area contributed by atoms with Crippen LogP contribution in [-0.2, 0) is 0 Å². The lowest BCUT2D eigenvalue weighted by Crippen LogP contribution is -2.07. The fraction of sp³-hybridized carbons (Fsp3) is 0.286. The maximum atomic E-state index is 8.39. The second-order valence-corrected chi connectivity index (χ2v) is 3.90. The van der Waals surface area contributed by atoms with E-state index >= 15 is 0 Å². The summed E-state index contributed by atoms with van der Waals surface area (Å²) in [5.41, 5.74) is 5.71. The van der Waals surface area contributed by atoms with Gasteiger partial charge in [-0.05, 0) is 27.4 Å². The first-order valence-corrected chi connectivity index (χ1v) is 4.78. The van der Waals surface area contributed by atoms with Gasteiger partial charge in [0.25, 0.3) is 0 Å². The number of rotatable bonds is 2. The molecule has 1 atom stereocenters. The van der Waals surface area contributed by atoms with Gasteiger partial charge in [-0.15, -0.1) is 23.7 Å². The van der Waals surface area contributed by atoms with Crippen LogP contribution in [-0.4, -0.2) is 0 Å². The van der Waals surface area contributed by atoms with Crippen molar-refractivity contribution in [1.82, 2.24) is 0 Å². The lowest BCUT2D eigenvalue weighted by atomic mass is 10.2. The third kappa shape index (κ3) is 2.76. The highest BCUT2D eigenvalue weighted by atomic mass is 79.9. The minimum Gasteiger partial charge on any atom is -0.322 e. The molecule has 12 heavy (non-hydrogen) atoms. The van der Waals surface area contributed by atoms with E-state index in [2.05, 4.69) is 15.9 Å². The van der Waals surface area contributed by atoms with Gasteiger partial charge in [0.1, 0.15) is 0 Å². The van der Waals surface area contributed by atoms with Crippen molar-refractivity contribution in [3.8, 4) is 6.07 Å². The van der Waals surface area contributed by atoms with Gasteiger partial charge in [-0.2, -0.15) is 5.26 Å². The Morgan fingerprint density at radius 3 is 2.83 bits per heavy atom. The van der Waals surface area contributed by atoms with Crippen molar-refractivity contribution in [2.75, 3.05) is 0 Å². The third-order valence-electron chi connectivity index (χ3n) is 1.29. The van der Waals surface area contributed by atoms with Crippen LogP contribution >= 0.6 is 39.7 Å². The Morgan fingerprint density at radius 1 is 1.75 bits per heavy atom. The van der Waals surface area contributed by atoms with Crippen LogP contribution in [0.4, 0.5) is 0 Å². The van der Waals surface area contributed by atoms with E-state index in [-0.39, 0.29) is 18.4 Å². The molecule has 0 spiro atoms. The molecule has 1 rings (SSSR count). The molecule has 0 bridgehead atoms. The molecule has 5 heteroatoms. The van der Waals surface area contributed by atoms with Gasteiger partial charge in [0.2, 0.25) is 0 Å². The molecule has 1 aromatic rings. The molecule has 2 N–H and O–H groups in total. The van der Waals surface area contributed by atoms with Crippen LogP contribution in [0.3, 0.4) is 0 Å². The van der Waals surface area contributed by atoms with E-state index in [4.69, 9.17) is 11.0 Å². The van der Waals surface area contributed by atoms with Crippen molar-refractivity contribution in [2.24, 2.45) is 5.73 Å². The molecular formula is C7H8BrClN2S. The number of nitrogens with zero attached hydrogens (tertiary/aromatic N) is 1. The zero-order valence-electron chi connectivity index (χ0n) is 6.16. The fourth-order valence-electron chi connectivity index (χ4n) is 0.761. The average molecular weight is 268 g/mol. The van der Waals surface area contributed by atoms with Crippen molar-refractivity contribution >= 4 is 39.7 Å². The molecule has 0 fully saturated rings. The van der Waals surface area contributed by atoms with Crippen LogP contribution in [0.2, 0.25) is 0 Å². The lowest BCUT2D eigenvalue weighted by molar-refractivity contribution is 0.761. The Bertz CT molecular complexity index is 281. The van der Waals surface area contributed by atoms with Crippen molar-refractivity contribution < 1.29 is 0 Å². The van der Waals surface area contributed by atoms with Gasteiger partial charge in [0, 0.05) is 9.35 Å². The molecule has 66 valence electrons. The van der Waals surface area contributed by atoms with Gasteiger partial charge in [0.15, 0.2) is 0 Å². The van der Waals surface area contributed by atoms with Gasteiger partial charge < -0.3 is 5.73 Å². The van der Waals surface area contributed by atoms with Gasteiger partial charge in [-0.3, -0.25) is 0 Å². The molecule has 1 heterocycles. The topological polar surface area (TPSA) is 49.8 Å². The minimum absolute atomic E-state index is 0. The molecule has 1 aromatic heterocycles. The first-order chi connectivity index (χ1) is 5.25. The molecule has 0 aliphatic rings. The largest absolute Gasteiger partial charge is 0.322 e. The highest BCUT2D eigenvalue weighted by Gasteiger charge is 2.09. The summed E-state index contributed by atoms with van der Waals surface area (Å²) in [7, 11) is 0. The maximum Gasteiger partial charge on any atom is 0.0642 e. The summed E-state index contributed by atoms with van der Waals surface area (Å²) in [6, 6.07) is 3.84. The van der Waals surface area contributed by atoms with Crippen LogP contribution in [0.15, 0.2) is 15.9 Å². The Kier molecular flexibility index (Phi) is 5.51. The normalized spacial score (nSPS) is 11.4. The lowest BCUT2D eigenvalue weighted by Gasteiger charge is -2.03. The van der Waals surface area contributed by atoms with E-state index in [1.165, 1.54) is 0 Å². The number of thiophene rings is 1. The minimum atomic E-state index is -0.144. The van der Waals surface area contributed by atoms with Gasteiger partial charge in [-0.25, -0.2) is 0 Å². The van der Waals surface area contributed by atoms with Crippen LogP contribution < -0.4 is 5.73 Å². The summed E-state index contributed by atoms with van der Waals surface area (Å²) in [5.74, 6) is 0. The summed E-state index contributed by atoms with van der Waals surface area (Å²) < 4.78 is 1.00. The standard InChI is InChI=1S/C7H7BrN2S.ClH/c8-5-2-4-11-7(5)6(10)1-3-9;/h2,4,6H,1,10H2;1H/t6-;/m1./s1. The monoisotopic (exact) mass is 266 g/mol. The van der Waals surface area contributed by atoms with Crippen molar-refractivity contribution in [3.63, 3.8) is 0 Å². The highest BCUT2D eigenvalue weighted by Crippen LogP contribution is 2.28. The summed E-state index contributed by atoms with van der Waals surface area (Å²) in [5, 5.41) is 10.3. The number of nitriles is 1. The molecule has 0 radical (unpaired) electrons. The van der Waals surface area contributed by atoms with E-state index in [9.17, 15) is 0 Å². The smallest absolute Gasteiger partial charge is 0.0642 e. The Balaban J connectivity index is 0.00000121. The Hall–Kier alpha value is -0.0800. The first-order valence-electron chi connectivity index (χ1n) is 3.11. The number of halogens is 2. The van der Waals surface area contributed by atoms with E-state index in [1.54, 1.807) is 11.3 Å². The molecule has 0 saturated heterocycles. The van der Waals surface area contributed by atoms with Crippen LogP contribution in [0.25, 0.3) is 0 Å². The van der Waals surface area contributed by atoms with Crippen molar-refractivity contribution in [1.29, 1.82) is 5.26 Å². The fourth-order valence-corrected chi connectivity index (χ4v) is 2.43. The molecule has 0 unspecified atom stereocenters. The van der Waals surface area contributed by atoms with E-state index in [1.807, 2.05) is 17.5 Å². The summed E-state index contributed by atoms with van der Waals surface area (Å²) in [6.07, 6.45) is 0.374. The third-order valence-corrected chi connectivity index (χ3v) is 3.30. The van der Waals surface area contributed by atoms with Gasteiger partial charge >= 0.3 is 0 Å². The molecular weight excluding hydrogens is 260 g/mol. The molecule has 2 nitrogen and oxygen atoms in total. The molecule has 0 aromatic carbocycles. The number of hydrogen-bond donors (Lipinski definition) is 1. The van der Waals surface area contributed by atoms with E-state index < -0.39 is 0 Å². The number of hydrogen-bond acceptors (Lipinski definition) is 3. The number of nitrogens with two attached hydrogens (primary N) is 1. The zero-order valence-corrected chi connectivity index (χ0v) is 9.38. The van der Waals surface area contributed by atoms with E-state index in [0.29, 0.717) is 6.42 Å². The average Bonchev–Trinajstić information content (AvgIpc) is 2.36. The quantitative estimate of drug-likeness (QED) is 0.896. The summed E-state index contributed by atoms with van der Waals surface area (Å²) in [6.45, 7) is 0. The van der Waals surface area contributed by atoms with Crippen molar-refractivity contribution in [3.05, 3.63) is 20.8 Å². The Labute approximate surface area is 89.9 Å². The summed E-state index contributed by atoms with van der Waals surface area (Å²) >= 11 is 4.93. The predicted molar refractivity (Wildman–Crippen MR) is 56.4 cm³/mol. The van der Waals surface area contributed by atoms with Gasteiger partial charge in [0.05, 0.1) is 18.5 Å². The molecule has 0 saturated carbocycles. The van der Waals surface area contributed by atoms with Crippen LogP contribution in [0.5, 0.6) is 0 Å². The summed E-state index contributed by atoms with van der Waals surface area (Å²) in [4.78, 5) is 1.05. The van der Waals surface area contributed by atoms with Crippen LogP contribution in [0.1, 0.15) is 17.3 Å². The molecule has 0 aliphatic carbocycles. The SMILES string of the molecule is Cl.N#CC[C@@H](N)c1sccc1Br. The second-order valence-electron chi connectivity index (χ2n) is 2.10. The van der Waals surface area contributed by atoms with E-state index in [0.717, 1.165) is 9.35 Å². The maximum absolute atomic E-state index is 8.39. The molecule has 0 aliphatic heterocycles. The van der Waals surface area contributed by atoms with Crippen LogP contribution in [0, 0.1) is 11.3 Å². The van der Waals surface area contributed by atoms with Crippen molar-refractivity contribution in [2.45, 2.75) is 12.5 Å².